The van der Waals surface area contributed by atoms with E-state index in [1.807, 2.05) is 0 Å². The molecular formula is C18H13F2N5O2. The van der Waals surface area contributed by atoms with Crippen LogP contribution >= 0.6 is 0 Å². The van der Waals surface area contributed by atoms with Crippen LogP contribution in [-0.2, 0) is 0 Å². The smallest absolute Gasteiger partial charge is 0.252 e. The van der Waals surface area contributed by atoms with Crippen LogP contribution < -0.4 is 10.1 Å². The summed E-state index contributed by atoms with van der Waals surface area (Å²) in [6, 6.07) is 9.77. The van der Waals surface area contributed by atoms with Crippen molar-refractivity contribution >= 4 is 5.91 Å². The number of carbonyl (C=O) groups is 1. The average Bonchev–Trinajstić information content (AvgIpc) is 3.21. The topological polar surface area (TPSA) is 81.9 Å². The molecule has 1 N–H and O–H groups in total. The molecule has 27 heavy (non-hydrogen) atoms. The molecule has 0 aliphatic rings. The maximum Gasteiger partial charge on any atom is 0.252 e. The molecule has 0 radical (unpaired) electrons. The summed E-state index contributed by atoms with van der Waals surface area (Å²) in [6.07, 6.45) is 1.42. The zero-order chi connectivity index (χ0) is 19.1. The molecule has 3 rings (SSSR count). The molecule has 136 valence electrons. The summed E-state index contributed by atoms with van der Waals surface area (Å²) in [5.74, 6) is 3.44. The lowest BCUT2D eigenvalue weighted by molar-refractivity contribution is 0.0958. The van der Waals surface area contributed by atoms with Crippen molar-refractivity contribution in [1.82, 2.24) is 25.5 Å². The number of ether oxygens (including phenoxy) is 1. The number of aromatic nitrogens is 4. The molecule has 0 unspecified atom stereocenters. The fourth-order valence-electron chi connectivity index (χ4n) is 2.12. The van der Waals surface area contributed by atoms with Crippen LogP contribution in [-0.4, -0.2) is 39.3 Å². The van der Waals surface area contributed by atoms with Crippen molar-refractivity contribution in [2.45, 2.75) is 0 Å². The van der Waals surface area contributed by atoms with Crippen LogP contribution in [0, 0.1) is 23.5 Å². The Morgan fingerprint density at radius 1 is 1.19 bits per heavy atom. The minimum Gasteiger partial charge on any atom is -0.478 e. The Morgan fingerprint density at radius 2 is 2.07 bits per heavy atom. The molecule has 9 heteroatoms. The number of nitrogens with zero attached hydrogens (tertiary/aromatic N) is 4. The Morgan fingerprint density at radius 3 is 2.85 bits per heavy atom. The Balaban J connectivity index is 1.49. The van der Waals surface area contributed by atoms with E-state index in [1.165, 1.54) is 17.1 Å². The minimum atomic E-state index is -0.799. The Hall–Kier alpha value is -3.80. The van der Waals surface area contributed by atoms with Crippen LogP contribution in [0.4, 0.5) is 8.78 Å². The first-order valence-corrected chi connectivity index (χ1v) is 7.78. The van der Waals surface area contributed by atoms with Gasteiger partial charge in [0.25, 0.3) is 5.91 Å². The van der Waals surface area contributed by atoms with Gasteiger partial charge in [-0.05, 0) is 40.8 Å². The number of amides is 1. The van der Waals surface area contributed by atoms with Crippen LogP contribution in [0.1, 0.15) is 10.4 Å². The second-order valence-corrected chi connectivity index (χ2v) is 5.20. The highest BCUT2D eigenvalue weighted by atomic mass is 19.1. The fraction of sp³-hybridized carbons (Fsp3) is 0.111. The first-order chi connectivity index (χ1) is 13.1. The van der Waals surface area contributed by atoms with E-state index >= 15 is 0 Å². The number of hydrogen-bond donors (Lipinski definition) is 1. The van der Waals surface area contributed by atoms with Gasteiger partial charge in [0.2, 0.25) is 0 Å². The van der Waals surface area contributed by atoms with E-state index in [-0.39, 0.29) is 24.8 Å². The van der Waals surface area contributed by atoms with Gasteiger partial charge < -0.3 is 10.1 Å². The third-order valence-corrected chi connectivity index (χ3v) is 3.38. The molecule has 1 amide bonds. The van der Waals surface area contributed by atoms with E-state index in [9.17, 15) is 13.6 Å². The van der Waals surface area contributed by atoms with Gasteiger partial charge in [-0.1, -0.05) is 17.9 Å². The summed E-state index contributed by atoms with van der Waals surface area (Å²) >= 11 is 0. The van der Waals surface area contributed by atoms with Gasteiger partial charge in [0.05, 0.1) is 12.2 Å². The molecular weight excluding hydrogens is 356 g/mol. The summed E-state index contributed by atoms with van der Waals surface area (Å²) in [7, 11) is 0. The molecule has 0 saturated carbocycles. The largest absolute Gasteiger partial charge is 0.478 e. The van der Waals surface area contributed by atoms with E-state index in [0.29, 0.717) is 11.3 Å². The molecule has 0 aliphatic heterocycles. The van der Waals surface area contributed by atoms with Crippen molar-refractivity contribution in [3.05, 3.63) is 66.0 Å². The average molecular weight is 369 g/mol. The predicted octanol–water partition coefficient (Wildman–Crippen LogP) is 1.75. The predicted molar refractivity (Wildman–Crippen MR) is 91.1 cm³/mol. The number of benzene rings is 2. The van der Waals surface area contributed by atoms with Gasteiger partial charge >= 0.3 is 0 Å². The van der Waals surface area contributed by atoms with Crippen LogP contribution in [0.25, 0.3) is 5.69 Å². The number of hydrogen-bond acceptors (Lipinski definition) is 5. The molecule has 7 nitrogen and oxygen atoms in total. The fourth-order valence-corrected chi connectivity index (χ4v) is 2.12. The van der Waals surface area contributed by atoms with Crippen LogP contribution in [0.15, 0.2) is 48.8 Å². The van der Waals surface area contributed by atoms with Gasteiger partial charge in [0.15, 0.2) is 11.6 Å². The van der Waals surface area contributed by atoms with Gasteiger partial charge in [-0.3, -0.25) is 4.79 Å². The summed E-state index contributed by atoms with van der Waals surface area (Å²) in [5, 5.41) is 13.5. The van der Waals surface area contributed by atoms with E-state index < -0.39 is 11.6 Å². The van der Waals surface area contributed by atoms with Gasteiger partial charge in [-0.25, -0.2) is 13.5 Å². The zero-order valence-electron chi connectivity index (χ0n) is 13.9. The molecule has 0 atom stereocenters. The van der Waals surface area contributed by atoms with Crippen LogP contribution in [0.3, 0.4) is 0 Å². The number of tetrazole rings is 1. The van der Waals surface area contributed by atoms with E-state index in [2.05, 4.69) is 32.7 Å². The van der Waals surface area contributed by atoms with Gasteiger partial charge in [0.1, 0.15) is 18.8 Å². The molecule has 3 aromatic rings. The molecule has 1 heterocycles. The first kappa shape index (κ1) is 18.0. The summed E-state index contributed by atoms with van der Waals surface area (Å²) in [5.41, 5.74) is 1.07. The highest BCUT2D eigenvalue weighted by Gasteiger charge is 2.06. The number of halogens is 2. The maximum absolute atomic E-state index is 13.4. The highest BCUT2D eigenvalue weighted by molar-refractivity contribution is 5.94. The number of nitrogens with one attached hydrogen (secondary N) is 1. The normalized spacial score (nSPS) is 10.0. The monoisotopic (exact) mass is 369 g/mol. The van der Waals surface area contributed by atoms with Crippen molar-refractivity contribution in [3.63, 3.8) is 0 Å². The third kappa shape index (κ3) is 4.85. The lowest BCUT2D eigenvalue weighted by Gasteiger charge is -2.04. The van der Waals surface area contributed by atoms with E-state index in [0.717, 1.165) is 12.1 Å². The SMILES string of the molecule is O=C(NCC#CCOc1ccc(F)cc1F)c1cccc(-n2cnnn2)c1. The minimum absolute atomic E-state index is 0.0865. The first-order valence-electron chi connectivity index (χ1n) is 7.78. The second-order valence-electron chi connectivity index (χ2n) is 5.20. The third-order valence-electron chi connectivity index (χ3n) is 3.38. The second kappa shape index (κ2) is 8.53. The van der Waals surface area contributed by atoms with Crippen LogP contribution in [0.5, 0.6) is 5.75 Å². The Labute approximate surface area is 153 Å². The summed E-state index contributed by atoms with van der Waals surface area (Å²) in [6.45, 7) is -0.00356. The van der Waals surface area contributed by atoms with Gasteiger partial charge in [0, 0.05) is 11.6 Å². The molecule has 0 saturated heterocycles. The number of rotatable bonds is 5. The maximum atomic E-state index is 13.4. The molecule has 0 fully saturated rings. The van der Waals surface area contributed by atoms with E-state index in [4.69, 9.17) is 4.74 Å². The zero-order valence-corrected chi connectivity index (χ0v) is 13.9. The van der Waals surface area contributed by atoms with Crippen molar-refractivity contribution < 1.29 is 18.3 Å². The van der Waals surface area contributed by atoms with Gasteiger partial charge in [-0.15, -0.1) is 5.10 Å². The standard InChI is InChI=1S/C18H13F2N5O2/c19-14-6-7-17(16(20)11-14)27-9-2-1-8-21-18(26)13-4-3-5-15(10-13)25-12-22-23-24-25/h3-7,10-12H,8-9H2,(H,21,26). The van der Waals surface area contributed by atoms with Crippen molar-refractivity contribution in [3.8, 4) is 23.3 Å². The van der Waals surface area contributed by atoms with E-state index in [1.54, 1.807) is 24.3 Å². The Kier molecular flexibility index (Phi) is 5.69. The van der Waals surface area contributed by atoms with Crippen molar-refractivity contribution in [2.24, 2.45) is 0 Å². The highest BCUT2D eigenvalue weighted by Crippen LogP contribution is 2.17. The van der Waals surface area contributed by atoms with Crippen molar-refractivity contribution in [1.29, 1.82) is 0 Å². The summed E-state index contributed by atoms with van der Waals surface area (Å²) in [4.78, 5) is 12.1. The van der Waals surface area contributed by atoms with Gasteiger partial charge in [-0.2, -0.15) is 0 Å². The summed E-state index contributed by atoms with van der Waals surface area (Å²) < 4.78 is 32.7. The molecule has 0 bridgehead atoms. The molecule has 1 aromatic heterocycles. The quantitative estimate of drug-likeness (QED) is 0.693. The molecule has 0 aliphatic carbocycles. The molecule has 2 aromatic carbocycles. The molecule has 0 spiro atoms. The lowest BCUT2D eigenvalue weighted by atomic mass is 10.2. The van der Waals surface area contributed by atoms with Crippen molar-refractivity contribution in [2.75, 3.05) is 13.2 Å². The van der Waals surface area contributed by atoms with Crippen LogP contribution in [0.2, 0.25) is 0 Å². The lowest BCUT2D eigenvalue weighted by Crippen LogP contribution is -2.23. The Bertz CT molecular complexity index is 996. The number of carbonyl (C=O) groups excluding carboxylic acids is 1.